The van der Waals surface area contributed by atoms with Crippen molar-refractivity contribution in [1.82, 2.24) is 10.2 Å². The number of hydrogen-bond donors (Lipinski definition) is 2. The molecule has 20 heavy (non-hydrogen) atoms. The van der Waals surface area contributed by atoms with Crippen LogP contribution in [0.3, 0.4) is 0 Å². The van der Waals surface area contributed by atoms with Gasteiger partial charge in [0.2, 0.25) is 0 Å². The summed E-state index contributed by atoms with van der Waals surface area (Å²) in [6.45, 7) is 5.38. The van der Waals surface area contributed by atoms with Gasteiger partial charge in [-0.15, -0.1) is 12.4 Å². The summed E-state index contributed by atoms with van der Waals surface area (Å²) >= 11 is 0. The van der Waals surface area contributed by atoms with Crippen molar-refractivity contribution in [2.24, 2.45) is 0 Å². The van der Waals surface area contributed by atoms with Gasteiger partial charge in [0.1, 0.15) is 4.90 Å². The predicted molar refractivity (Wildman–Crippen MR) is 81.9 cm³/mol. The van der Waals surface area contributed by atoms with Crippen LogP contribution in [0.15, 0.2) is 29.2 Å². The molecule has 2 aromatic rings. The molecule has 1 aromatic carbocycles. The standard InChI is InChI=1S/C13H17N3O2S.ClH/c1-4-11-6-5-7-12(8-11)16-19(17,18)13-9(2)14-15-10(13)3;/h5-8,16H,4H2,1-3H3,(H,14,15);1H. The summed E-state index contributed by atoms with van der Waals surface area (Å²) in [5.74, 6) is 0. The average Bonchev–Trinajstić information content (AvgIpc) is 2.69. The Hall–Kier alpha value is -1.53. The van der Waals surface area contributed by atoms with Gasteiger partial charge in [0.05, 0.1) is 11.4 Å². The molecule has 1 heterocycles. The topological polar surface area (TPSA) is 74.8 Å². The molecule has 0 spiro atoms. The maximum atomic E-state index is 12.3. The van der Waals surface area contributed by atoms with Crippen LogP contribution in [0.2, 0.25) is 0 Å². The number of halogens is 1. The van der Waals surface area contributed by atoms with E-state index in [0.717, 1.165) is 12.0 Å². The highest BCUT2D eigenvalue weighted by atomic mass is 35.5. The molecule has 0 aliphatic rings. The Balaban J connectivity index is 0.00000200. The van der Waals surface area contributed by atoms with Gasteiger partial charge < -0.3 is 0 Å². The Bertz CT molecular complexity index is 676. The summed E-state index contributed by atoms with van der Waals surface area (Å²) < 4.78 is 27.3. The number of aryl methyl sites for hydroxylation is 3. The Kier molecular flexibility index (Phi) is 5.19. The van der Waals surface area contributed by atoms with E-state index in [1.165, 1.54) is 0 Å². The maximum Gasteiger partial charge on any atom is 0.265 e. The summed E-state index contributed by atoms with van der Waals surface area (Å²) in [7, 11) is -3.60. The maximum absolute atomic E-state index is 12.3. The van der Waals surface area contributed by atoms with Gasteiger partial charge in [-0.05, 0) is 38.0 Å². The largest absolute Gasteiger partial charge is 0.281 e. The molecule has 0 aliphatic carbocycles. The number of rotatable bonds is 4. The Morgan fingerprint density at radius 2 is 2.00 bits per heavy atom. The summed E-state index contributed by atoms with van der Waals surface area (Å²) in [6, 6.07) is 7.38. The zero-order valence-corrected chi connectivity index (χ0v) is 13.2. The molecule has 2 rings (SSSR count). The van der Waals surface area contributed by atoms with Crippen LogP contribution in [0.5, 0.6) is 0 Å². The number of aromatic nitrogens is 2. The van der Waals surface area contributed by atoms with E-state index in [2.05, 4.69) is 14.9 Å². The van der Waals surface area contributed by atoms with Crippen LogP contribution >= 0.6 is 12.4 Å². The van der Waals surface area contributed by atoms with Crippen LogP contribution in [0.4, 0.5) is 5.69 Å². The number of nitrogens with one attached hydrogen (secondary N) is 2. The first kappa shape index (κ1) is 16.5. The van der Waals surface area contributed by atoms with Crippen LogP contribution in [0.25, 0.3) is 0 Å². The minimum Gasteiger partial charge on any atom is -0.281 e. The van der Waals surface area contributed by atoms with Gasteiger partial charge in [0, 0.05) is 5.69 Å². The molecule has 110 valence electrons. The molecule has 0 fully saturated rings. The number of anilines is 1. The molecular formula is C13H18ClN3O2S. The molecule has 0 amide bonds. The highest BCUT2D eigenvalue weighted by Crippen LogP contribution is 2.21. The minimum atomic E-state index is -3.60. The third-order valence-corrected chi connectivity index (χ3v) is 4.56. The fraction of sp³-hybridized carbons (Fsp3) is 0.308. The minimum absolute atomic E-state index is 0. The van der Waals surface area contributed by atoms with E-state index in [0.29, 0.717) is 17.1 Å². The van der Waals surface area contributed by atoms with Gasteiger partial charge >= 0.3 is 0 Å². The second-order valence-corrected chi connectivity index (χ2v) is 6.04. The van der Waals surface area contributed by atoms with Crippen LogP contribution in [-0.4, -0.2) is 18.6 Å². The van der Waals surface area contributed by atoms with Crippen molar-refractivity contribution in [3.05, 3.63) is 41.2 Å². The Morgan fingerprint density at radius 3 is 2.55 bits per heavy atom. The van der Waals surface area contributed by atoms with Crippen LogP contribution in [0.1, 0.15) is 23.9 Å². The molecule has 0 atom stereocenters. The van der Waals surface area contributed by atoms with Gasteiger partial charge in [0.15, 0.2) is 0 Å². The smallest absolute Gasteiger partial charge is 0.265 e. The van der Waals surface area contributed by atoms with Crippen molar-refractivity contribution in [3.63, 3.8) is 0 Å². The molecule has 2 N–H and O–H groups in total. The number of aromatic amines is 1. The number of hydrogen-bond acceptors (Lipinski definition) is 3. The third kappa shape index (κ3) is 3.32. The first-order chi connectivity index (χ1) is 8.94. The molecule has 1 aromatic heterocycles. The van der Waals surface area contributed by atoms with Gasteiger partial charge in [-0.25, -0.2) is 8.42 Å². The Labute approximate surface area is 125 Å². The van der Waals surface area contributed by atoms with E-state index in [9.17, 15) is 8.42 Å². The van der Waals surface area contributed by atoms with Gasteiger partial charge in [-0.3, -0.25) is 9.82 Å². The number of nitrogens with zero attached hydrogens (tertiary/aromatic N) is 1. The summed E-state index contributed by atoms with van der Waals surface area (Å²) in [5.41, 5.74) is 2.66. The van der Waals surface area contributed by atoms with Gasteiger partial charge in [-0.1, -0.05) is 19.1 Å². The molecular weight excluding hydrogens is 298 g/mol. The lowest BCUT2D eigenvalue weighted by Gasteiger charge is -2.09. The lowest BCUT2D eigenvalue weighted by atomic mass is 10.1. The summed E-state index contributed by atoms with van der Waals surface area (Å²) in [5, 5.41) is 6.60. The van der Waals surface area contributed by atoms with Crippen molar-refractivity contribution in [3.8, 4) is 0 Å². The fourth-order valence-corrected chi connectivity index (χ4v) is 3.42. The third-order valence-electron chi connectivity index (χ3n) is 2.92. The molecule has 0 unspecified atom stereocenters. The summed E-state index contributed by atoms with van der Waals surface area (Å²) in [6.07, 6.45) is 0.860. The van der Waals surface area contributed by atoms with Crippen molar-refractivity contribution in [2.75, 3.05) is 4.72 Å². The fourth-order valence-electron chi connectivity index (χ4n) is 2.00. The second kappa shape index (κ2) is 6.28. The van der Waals surface area contributed by atoms with E-state index in [-0.39, 0.29) is 17.3 Å². The Morgan fingerprint density at radius 1 is 1.30 bits per heavy atom. The first-order valence-electron chi connectivity index (χ1n) is 6.07. The van der Waals surface area contributed by atoms with Gasteiger partial charge in [0.25, 0.3) is 10.0 Å². The highest BCUT2D eigenvalue weighted by molar-refractivity contribution is 7.92. The summed E-state index contributed by atoms with van der Waals surface area (Å²) in [4.78, 5) is 0.217. The average molecular weight is 316 g/mol. The first-order valence-corrected chi connectivity index (χ1v) is 7.55. The molecule has 0 aliphatic heterocycles. The number of benzene rings is 1. The molecule has 0 saturated heterocycles. The molecule has 5 nitrogen and oxygen atoms in total. The van der Waals surface area contributed by atoms with Crippen molar-refractivity contribution < 1.29 is 8.42 Å². The molecule has 0 saturated carbocycles. The zero-order chi connectivity index (χ0) is 14.0. The van der Waals surface area contributed by atoms with Crippen LogP contribution in [0, 0.1) is 13.8 Å². The zero-order valence-electron chi connectivity index (χ0n) is 11.6. The second-order valence-electron chi connectivity index (χ2n) is 4.42. The van der Waals surface area contributed by atoms with Crippen molar-refractivity contribution in [2.45, 2.75) is 32.1 Å². The van der Waals surface area contributed by atoms with E-state index in [1.54, 1.807) is 19.9 Å². The predicted octanol–water partition coefficient (Wildman–Crippen LogP) is 2.81. The van der Waals surface area contributed by atoms with E-state index in [1.807, 2.05) is 25.1 Å². The van der Waals surface area contributed by atoms with E-state index in [4.69, 9.17) is 0 Å². The monoisotopic (exact) mass is 315 g/mol. The normalized spacial score (nSPS) is 10.9. The van der Waals surface area contributed by atoms with Crippen LogP contribution < -0.4 is 4.72 Å². The van der Waals surface area contributed by atoms with Crippen LogP contribution in [-0.2, 0) is 16.4 Å². The molecule has 0 bridgehead atoms. The molecule has 0 radical (unpaired) electrons. The quantitative estimate of drug-likeness (QED) is 0.911. The molecule has 7 heteroatoms. The van der Waals surface area contributed by atoms with Crippen molar-refractivity contribution in [1.29, 1.82) is 0 Å². The highest BCUT2D eigenvalue weighted by Gasteiger charge is 2.22. The number of sulfonamides is 1. The number of H-pyrrole nitrogens is 1. The van der Waals surface area contributed by atoms with Crippen molar-refractivity contribution >= 4 is 28.1 Å². The lowest BCUT2D eigenvalue weighted by Crippen LogP contribution is -2.14. The van der Waals surface area contributed by atoms with Gasteiger partial charge in [-0.2, -0.15) is 5.10 Å². The van der Waals surface area contributed by atoms with E-state index < -0.39 is 10.0 Å². The van der Waals surface area contributed by atoms with E-state index >= 15 is 0 Å². The SMILES string of the molecule is CCc1cccc(NS(=O)(=O)c2c(C)n[nH]c2C)c1.Cl. The lowest BCUT2D eigenvalue weighted by molar-refractivity contribution is 0.600.